The lowest BCUT2D eigenvalue weighted by Crippen LogP contribution is -2.62. The molecule has 1 aromatic carbocycles. The van der Waals surface area contributed by atoms with Gasteiger partial charge in [0.05, 0.1) is 10.2 Å². The molecular weight excluding hydrogens is 319 g/mol. The number of hydrogen-bond acceptors (Lipinski definition) is 3. The van der Waals surface area contributed by atoms with Gasteiger partial charge in [0, 0.05) is 0 Å². The van der Waals surface area contributed by atoms with E-state index in [0.29, 0.717) is 0 Å². The van der Waals surface area contributed by atoms with Crippen LogP contribution in [0.2, 0.25) is 0 Å². The summed E-state index contributed by atoms with van der Waals surface area (Å²) in [5.41, 5.74) is -1.16. The number of urea groups is 1. The topological polar surface area (TPSA) is 66.5 Å². The molecule has 0 bridgehead atoms. The number of rotatable bonds is 1. The quantitative estimate of drug-likeness (QED) is 0.803. The highest BCUT2D eigenvalue weighted by atomic mass is 79.9. The Morgan fingerprint density at radius 1 is 1.26 bits per heavy atom. The summed E-state index contributed by atoms with van der Waals surface area (Å²) < 4.78 is 13.3. The van der Waals surface area contributed by atoms with Crippen LogP contribution >= 0.6 is 15.9 Å². The Morgan fingerprint density at radius 2 is 1.89 bits per heavy atom. The molecule has 7 heteroatoms. The van der Waals surface area contributed by atoms with E-state index in [4.69, 9.17) is 0 Å². The zero-order valence-corrected chi connectivity index (χ0v) is 11.7. The molecule has 0 spiro atoms. The summed E-state index contributed by atoms with van der Waals surface area (Å²) in [7, 11) is 0. The van der Waals surface area contributed by atoms with Gasteiger partial charge in [0.25, 0.3) is 0 Å². The van der Waals surface area contributed by atoms with Gasteiger partial charge in [0.1, 0.15) is 11.2 Å². The second-order valence-electron chi connectivity index (χ2n) is 4.62. The number of anilines is 1. The Kier molecular flexibility index (Phi) is 3.17. The molecule has 1 saturated heterocycles. The van der Waals surface area contributed by atoms with Crippen molar-refractivity contribution in [1.82, 2.24) is 5.32 Å². The molecule has 5 nitrogen and oxygen atoms in total. The maximum absolute atomic E-state index is 13.2. The molecule has 1 fully saturated rings. The highest BCUT2D eigenvalue weighted by molar-refractivity contribution is 9.10. The first-order chi connectivity index (χ1) is 8.75. The Bertz CT molecular complexity index is 601. The molecule has 0 aliphatic carbocycles. The van der Waals surface area contributed by atoms with Crippen molar-refractivity contribution in [3.8, 4) is 0 Å². The van der Waals surface area contributed by atoms with Crippen molar-refractivity contribution in [2.24, 2.45) is 5.41 Å². The molecule has 100 valence electrons. The van der Waals surface area contributed by atoms with Crippen molar-refractivity contribution < 1.29 is 18.8 Å². The third kappa shape index (κ3) is 2.14. The largest absolute Gasteiger partial charge is 0.335 e. The van der Waals surface area contributed by atoms with Crippen LogP contribution in [0.5, 0.6) is 0 Å². The van der Waals surface area contributed by atoms with Gasteiger partial charge in [0.15, 0.2) is 0 Å². The van der Waals surface area contributed by atoms with Crippen LogP contribution in [0, 0.1) is 11.2 Å². The van der Waals surface area contributed by atoms with Gasteiger partial charge >= 0.3 is 6.03 Å². The summed E-state index contributed by atoms with van der Waals surface area (Å²) in [6.07, 6.45) is 0. The summed E-state index contributed by atoms with van der Waals surface area (Å²) in [6, 6.07) is 2.89. The molecular formula is C12H10BrFN2O3. The summed E-state index contributed by atoms with van der Waals surface area (Å²) in [4.78, 5) is 36.4. The van der Waals surface area contributed by atoms with Crippen LogP contribution in [0.25, 0.3) is 0 Å². The third-order valence-corrected chi connectivity index (χ3v) is 3.50. The van der Waals surface area contributed by atoms with Gasteiger partial charge in [-0.05, 0) is 48.0 Å². The number of carbonyl (C=O) groups excluding carboxylic acids is 3. The van der Waals surface area contributed by atoms with Crippen LogP contribution < -0.4 is 10.2 Å². The first-order valence-corrected chi connectivity index (χ1v) is 6.19. The zero-order valence-electron chi connectivity index (χ0n) is 10.2. The van der Waals surface area contributed by atoms with Gasteiger partial charge in [-0.3, -0.25) is 14.9 Å². The molecule has 1 heterocycles. The van der Waals surface area contributed by atoms with Gasteiger partial charge in [0.2, 0.25) is 11.8 Å². The Balaban J connectivity index is 2.48. The van der Waals surface area contributed by atoms with Crippen LogP contribution in [0.1, 0.15) is 13.8 Å². The third-order valence-electron chi connectivity index (χ3n) is 2.89. The smallest absolute Gasteiger partial charge is 0.276 e. The molecule has 0 saturated carbocycles. The number of benzene rings is 1. The number of nitrogens with one attached hydrogen (secondary N) is 1. The summed E-state index contributed by atoms with van der Waals surface area (Å²) in [5, 5.41) is 2.10. The van der Waals surface area contributed by atoms with E-state index in [-0.39, 0.29) is 10.2 Å². The first-order valence-electron chi connectivity index (χ1n) is 5.40. The number of imide groups is 2. The Labute approximate surface area is 116 Å². The maximum atomic E-state index is 13.2. The van der Waals surface area contributed by atoms with Crippen LogP contribution in [0.15, 0.2) is 22.7 Å². The fourth-order valence-electron chi connectivity index (χ4n) is 1.64. The van der Waals surface area contributed by atoms with Crippen LogP contribution in [-0.4, -0.2) is 17.8 Å². The first kappa shape index (κ1) is 13.7. The van der Waals surface area contributed by atoms with Crippen molar-refractivity contribution in [2.75, 3.05) is 4.90 Å². The lowest BCUT2D eigenvalue weighted by Gasteiger charge is -2.34. The van der Waals surface area contributed by atoms with E-state index in [1.54, 1.807) is 0 Å². The standard InChI is InChI=1S/C12H10BrFN2O3/c1-12(2)9(17)15-11(19)16(10(12)18)6-3-4-8(14)7(13)5-6/h3-5H,1-2H3,(H,15,17,19). The summed E-state index contributed by atoms with van der Waals surface area (Å²) >= 11 is 2.98. The number of nitrogens with zero attached hydrogens (tertiary/aromatic N) is 1. The van der Waals surface area contributed by atoms with Gasteiger partial charge in [-0.25, -0.2) is 14.1 Å². The molecule has 1 aliphatic rings. The van der Waals surface area contributed by atoms with E-state index >= 15 is 0 Å². The molecule has 0 aromatic heterocycles. The van der Waals surface area contributed by atoms with Crippen LogP contribution in [0.4, 0.5) is 14.9 Å². The number of halogens is 2. The predicted molar refractivity (Wildman–Crippen MR) is 68.9 cm³/mol. The number of hydrogen-bond donors (Lipinski definition) is 1. The SMILES string of the molecule is CC1(C)C(=O)NC(=O)N(c2ccc(F)c(Br)c2)C1=O. The zero-order chi connectivity index (χ0) is 14.4. The molecule has 0 atom stereocenters. The molecule has 1 aromatic rings. The maximum Gasteiger partial charge on any atom is 0.335 e. The summed E-state index contributed by atoms with van der Waals surface area (Å²) in [6.45, 7) is 2.84. The predicted octanol–water partition coefficient (Wildman–Crippen LogP) is 2.20. The minimum Gasteiger partial charge on any atom is -0.276 e. The van der Waals surface area contributed by atoms with Gasteiger partial charge in [-0.2, -0.15) is 0 Å². The second kappa shape index (κ2) is 4.41. The van der Waals surface area contributed by atoms with E-state index in [9.17, 15) is 18.8 Å². The van der Waals surface area contributed by atoms with Crippen molar-refractivity contribution in [1.29, 1.82) is 0 Å². The van der Waals surface area contributed by atoms with Crippen LogP contribution in [-0.2, 0) is 9.59 Å². The molecule has 4 amide bonds. The number of amides is 4. The van der Waals surface area contributed by atoms with Crippen LogP contribution in [0.3, 0.4) is 0 Å². The molecule has 2 rings (SSSR count). The molecule has 1 N–H and O–H groups in total. The van der Waals surface area contributed by atoms with E-state index in [1.807, 2.05) is 0 Å². The van der Waals surface area contributed by atoms with E-state index in [0.717, 1.165) is 11.0 Å². The van der Waals surface area contributed by atoms with Crippen molar-refractivity contribution in [2.45, 2.75) is 13.8 Å². The lowest BCUT2D eigenvalue weighted by molar-refractivity contribution is -0.140. The number of carbonyl (C=O) groups is 3. The lowest BCUT2D eigenvalue weighted by atomic mass is 9.88. The minimum atomic E-state index is -1.35. The van der Waals surface area contributed by atoms with E-state index in [1.165, 1.54) is 26.0 Å². The van der Waals surface area contributed by atoms with Crippen molar-refractivity contribution >= 4 is 39.5 Å². The van der Waals surface area contributed by atoms with Gasteiger partial charge in [-0.1, -0.05) is 0 Å². The average Bonchev–Trinajstić information content (AvgIpc) is 2.32. The van der Waals surface area contributed by atoms with E-state index in [2.05, 4.69) is 21.2 Å². The monoisotopic (exact) mass is 328 g/mol. The molecule has 0 unspecified atom stereocenters. The fraction of sp³-hybridized carbons (Fsp3) is 0.250. The van der Waals surface area contributed by atoms with Crippen molar-refractivity contribution in [3.63, 3.8) is 0 Å². The van der Waals surface area contributed by atoms with E-state index < -0.39 is 29.1 Å². The highest BCUT2D eigenvalue weighted by Gasteiger charge is 2.47. The average molecular weight is 329 g/mol. The Morgan fingerprint density at radius 3 is 2.47 bits per heavy atom. The van der Waals surface area contributed by atoms with Crippen molar-refractivity contribution in [3.05, 3.63) is 28.5 Å². The second-order valence-corrected chi connectivity index (χ2v) is 5.48. The van der Waals surface area contributed by atoms with Gasteiger partial charge in [-0.15, -0.1) is 0 Å². The molecule has 19 heavy (non-hydrogen) atoms. The van der Waals surface area contributed by atoms with Gasteiger partial charge < -0.3 is 0 Å². The molecule has 1 aliphatic heterocycles. The Hall–Kier alpha value is -1.76. The minimum absolute atomic E-state index is 0.125. The highest BCUT2D eigenvalue weighted by Crippen LogP contribution is 2.30. The number of barbiturate groups is 1. The summed E-state index contributed by atoms with van der Waals surface area (Å²) in [5.74, 6) is -1.82. The normalized spacial score (nSPS) is 18.5. The fourth-order valence-corrected chi connectivity index (χ4v) is 2.00. The molecule has 0 radical (unpaired) electrons.